The summed E-state index contributed by atoms with van der Waals surface area (Å²) in [6.07, 6.45) is 0. The zero-order valence-corrected chi connectivity index (χ0v) is 14.4. The number of carbonyl (C=O) groups is 1. The van der Waals surface area contributed by atoms with Crippen molar-refractivity contribution >= 4 is 18.3 Å². The molecule has 1 aromatic heterocycles. The molecule has 2 aromatic rings. The minimum Gasteiger partial charge on any atom is -0.328 e. The molecule has 134 valence electrons. The second-order valence-electron chi connectivity index (χ2n) is 6.44. The van der Waals surface area contributed by atoms with Crippen LogP contribution in [0.4, 0.5) is 4.39 Å². The summed E-state index contributed by atoms with van der Waals surface area (Å²) >= 11 is 0. The highest BCUT2D eigenvalue weighted by Gasteiger charge is 2.47. The first-order valence-corrected chi connectivity index (χ1v) is 7.95. The number of nitrogens with zero attached hydrogens (tertiary/aromatic N) is 3. The molecule has 3 atom stereocenters. The molecule has 0 unspecified atom stereocenters. The molecule has 2 aliphatic rings. The van der Waals surface area contributed by atoms with Crippen LogP contribution in [-0.2, 0) is 7.05 Å². The minimum absolute atomic E-state index is 0. The molecule has 0 spiro atoms. The molecule has 0 radical (unpaired) electrons. The van der Waals surface area contributed by atoms with Gasteiger partial charge in [0.25, 0.3) is 5.91 Å². The molecule has 9 heteroatoms. The number of fused-ring (bicyclic) bond motifs is 1. The van der Waals surface area contributed by atoms with Crippen molar-refractivity contribution in [2.24, 2.45) is 18.9 Å². The first-order valence-electron chi connectivity index (χ1n) is 7.95. The number of amides is 1. The third-order valence-electron chi connectivity index (χ3n) is 4.99. The van der Waals surface area contributed by atoms with Crippen molar-refractivity contribution in [2.75, 3.05) is 19.6 Å². The van der Waals surface area contributed by atoms with Crippen LogP contribution < -0.4 is 11.0 Å². The van der Waals surface area contributed by atoms with Crippen molar-refractivity contribution in [3.05, 3.63) is 52.0 Å². The van der Waals surface area contributed by atoms with Crippen LogP contribution in [0.25, 0.3) is 0 Å². The first-order chi connectivity index (χ1) is 11.5. The Kier molecular flexibility index (Phi) is 4.66. The van der Waals surface area contributed by atoms with Crippen LogP contribution in [0.3, 0.4) is 0 Å². The first kappa shape index (κ1) is 17.6. The SMILES string of the molecule is Cl.Cn1nc(C(=O)N2C[C@@H]3CNC[C@@H]3[C@H]2c2cccc(F)c2)[nH]c1=O. The number of H-pyrrole nitrogens is 1. The molecule has 2 saturated heterocycles. The summed E-state index contributed by atoms with van der Waals surface area (Å²) in [4.78, 5) is 28.6. The van der Waals surface area contributed by atoms with E-state index in [1.54, 1.807) is 11.0 Å². The van der Waals surface area contributed by atoms with Gasteiger partial charge in [-0.25, -0.2) is 13.9 Å². The molecule has 2 N–H and O–H groups in total. The average Bonchev–Trinajstić information content (AvgIpc) is 3.21. The third kappa shape index (κ3) is 2.96. The highest BCUT2D eigenvalue weighted by atomic mass is 35.5. The van der Waals surface area contributed by atoms with E-state index >= 15 is 0 Å². The number of rotatable bonds is 2. The van der Waals surface area contributed by atoms with Crippen LogP contribution in [0, 0.1) is 17.7 Å². The standard InChI is InChI=1S/C16H18FN5O2.ClH/c1-21-16(24)19-14(20-21)15(23)22-8-10-6-18-7-12(10)13(22)9-3-2-4-11(17)5-9;/h2-5,10,12-13,18H,6-8H2,1H3,(H,19,20,24);1H/t10-,12-,13+;/m0./s1. The number of carbonyl (C=O) groups excluding carboxylic acids is 1. The van der Waals surface area contributed by atoms with Gasteiger partial charge in [-0.2, -0.15) is 0 Å². The Balaban J connectivity index is 0.00000182. The van der Waals surface area contributed by atoms with Crippen molar-refractivity contribution in [3.8, 4) is 0 Å². The van der Waals surface area contributed by atoms with E-state index in [4.69, 9.17) is 0 Å². The third-order valence-corrected chi connectivity index (χ3v) is 4.99. The summed E-state index contributed by atoms with van der Waals surface area (Å²) in [7, 11) is 1.49. The number of likely N-dealkylation sites (tertiary alicyclic amines) is 1. The predicted octanol–water partition coefficient (Wildman–Crippen LogP) is 0.702. The summed E-state index contributed by atoms with van der Waals surface area (Å²) in [5.41, 5.74) is 0.347. The lowest BCUT2D eigenvalue weighted by atomic mass is 9.89. The quantitative estimate of drug-likeness (QED) is 0.818. The van der Waals surface area contributed by atoms with Crippen LogP contribution >= 0.6 is 12.4 Å². The van der Waals surface area contributed by atoms with Gasteiger partial charge in [-0.1, -0.05) is 12.1 Å². The molecule has 25 heavy (non-hydrogen) atoms. The molecule has 1 aromatic carbocycles. The highest BCUT2D eigenvalue weighted by molar-refractivity contribution is 5.91. The molecule has 1 amide bonds. The van der Waals surface area contributed by atoms with Gasteiger partial charge in [0.1, 0.15) is 5.82 Å². The zero-order valence-electron chi connectivity index (χ0n) is 13.6. The fraction of sp³-hybridized carbons (Fsp3) is 0.438. The lowest BCUT2D eigenvalue weighted by Crippen LogP contribution is -2.35. The number of aromatic amines is 1. The maximum atomic E-state index is 13.7. The number of nitrogens with one attached hydrogen (secondary N) is 2. The summed E-state index contributed by atoms with van der Waals surface area (Å²) < 4.78 is 14.8. The maximum absolute atomic E-state index is 13.7. The van der Waals surface area contributed by atoms with Crippen molar-refractivity contribution in [1.82, 2.24) is 25.0 Å². The molecule has 0 aliphatic carbocycles. The number of aryl methyl sites for hydroxylation is 1. The van der Waals surface area contributed by atoms with Crippen LogP contribution in [0.1, 0.15) is 22.2 Å². The van der Waals surface area contributed by atoms with Crippen molar-refractivity contribution in [2.45, 2.75) is 6.04 Å². The van der Waals surface area contributed by atoms with Gasteiger partial charge in [0.2, 0.25) is 5.82 Å². The fourth-order valence-electron chi connectivity index (χ4n) is 3.88. The van der Waals surface area contributed by atoms with Crippen molar-refractivity contribution < 1.29 is 9.18 Å². The predicted molar refractivity (Wildman–Crippen MR) is 91.1 cm³/mol. The zero-order chi connectivity index (χ0) is 16.8. The van der Waals surface area contributed by atoms with E-state index in [1.807, 2.05) is 6.07 Å². The van der Waals surface area contributed by atoms with Crippen LogP contribution in [0.5, 0.6) is 0 Å². The highest BCUT2D eigenvalue weighted by Crippen LogP contribution is 2.43. The summed E-state index contributed by atoms with van der Waals surface area (Å²) in [5, 5.41) is 7.30. The molecule has 7 nitrogen and oxygen atoms in total. The van der Waals surface area contributed by atoms with Gasteiger partial charge in [0.05, 0.1) is 6.04 Å². The van der Waals surface area contributed by atoms with Gasteiger partial charge < -0.3 is 10.2 Å². The van der Waals surface area contributed by atoms with E-state index < -0.39 is 5.69 Å². The molecular weight excluding hydrogens is 349 g/mol. The minimum atomic E-state index is -0.429. The molecule has 3 heterocycles. The normalized spacial score (nSPS) is 24.9. The number of hydrogen-bond acceptors (Lipinski definition) is 4. The summed E-state index contributed by atoms with van der Waals surface area (Å²) in [5.74, 6) is -0.0717. The van der Waals surface area contributed by atoms with Gasteiger partial charge in [0.15, 0.2) is 0 Å². The molecule has 2 aliphatic heterocycles. The van der Waals surface area contributed by atoms with E-state index in [2.05, 4.69) is 15.4 Å². The summed E-state index contributed by atoms with van der Waals surface area (Å²) in [6.45, 7) is 2.18. The second-order valence-corrected chi connectivity index (χ2v) is 6.44. The molecule has 0 bridgehead atoms. The van der Waals surface area contributed by atoms with E-state index in [0.29, 0.717) is 12.5 Å². The Morgan fingerprint density at radius 3 is 2.84 bits per heavy atom. The Hall–Kier alpha value is -2.19. The molecular formula is C16H19ClFN5O2. The number of halogens is 2. The monoisotopic (exact) mass is 367 g/mol. The van der Waals surface area contributed by atoms with E-state index in [0.717, 1.165) is 23.3 Å². The topological polar surface area (TPSA) is 83.0 Å². The van der Waals surface area contributed by atoms with Crippen molar-refractivity contribution in [3.63, 3.8) is 0 Å². The van der Waals surface area contributed by atoms with Gasteiger partial charge >= 0.3 is 5.69 Å². The Labute approximate surface area is 149 Å². The number of hydrogen-bond donors (Lipinski definition) is 2. The average molecular weight is 368 g/mol. The van der Waals surface area contributed by atoms with Gasteiger partial charge in [-0.3, -0.25) is 9.78 Å². The van der Waals surface area contributed by atoms with E-state index in [-0.39, 0.29) is 41.9 Å². The van der Waals surface area contributed by atoms with Gasteiger partial charge in [-0.15, -0.1) is 17.5 Å². The van der Waals surface area contributed by atoms with Crippen LogP contribution in [0.2, 0.25) is 0 Å². The largest absolute Gasteiger partial charge is 0.343 e. The van der Waals surface area contributed by atoms with E-state index in [1.165, 1.54) is 19.2 Å². The van der Waals surface area contributed by atoms with Gasteiger partial charge in [-0.05, 0) is 23.6 Å². The fourth-order valence-corrected chi connectivity index (χ4v) is 3.88. The molecule has 2 fully saturated rings. The van der Waals surface area contributed by atoms with Gasteiger partial charge in [0, 0.05) is 32.6 Å². The second kappa shape index (κ2) is 6.61. The lowest BCUT2D eigenvalue weighted by Gasteiger charge is -2.27. The Morgan fingerprint density at radius 2 is 2.16 bits per heavy atom. The number of benzene rings is 1. The number of aromatic nitrogens is 3. The lowest BCUT2D eigenvalue weighted by molar-refractivity contribution is 0.0701. The Bertz CT molecular complexity index is 851. The van der Waals surface area contributed by atoms with E-state index in [9.17, 15) is 14.0 Å². The van der Waals surface area contributed by atoms with Crippen molar-refractivity contribution in [1.29, 1.82) is 0 Å². The molecule has 0 saturated carbocycles. The summed E-state index contributed by atoms with van der Waals surface area (Å²) in [6, 6.07) is 6.15. The maximum Gasteiger partial charge on any atom is 0.343 e. The smallest absolute Gasteiger partial charge is 0.328 e. The molecule has 4 rings (SSSR count). The van der Waals surface area contributed by atoms with Crippen LogP contribution in [-0.4, -0.2) is 45.2 Å². The Morgan fingerprint density at radius 1 is 1.36 bits per heavy atom. The van der Waals surface area contributed by atoms with Crippen LogP contribution in [0.15, 0.2) is 29.1 Å².